The molecule has 3 aromatic rings. The summed E-state index contributed by atoms with van der Waals surface area (Å²) >= 11 is 12.2. The van der Waals surface area contributed by atoms with Crippen LogP contribution in [-0.4, -0.2) is 5.11 Å². The van der Waals surface area contributed by atoms with Crippen molar-refractivity contribution in [3.63, 3.8) is 0 Å². The number of benzene rings is 3. The van der Waals surface area contributed by atoms with Crippen LogP contribution in [0.4, 0.5) is 0 Å². The SMILES string of the molecule is O[C@@]12c3ccccc3[C@@]1(c1ccc(Cl)cc1)c1ccc(Cl)cc12. The van der Waals surface area contributed by atoms with Crippen molar-refractivity contribution in [3.05, 3.63) is 105 Å². The maximum Gasteiger partial charge on any atom is 0.133 e. The zero-order valence-electron chi connectivity index (χ0n) is 12.1. The molecule has 0 radical (unpaired) electrons. The summed E-state index contributed by atoms with van der Waals surface area (Å²) < 4.78 is 0. The van der Waals surface area contributed by atoms with E-state index in [1.165, 1.54) is 0 Å². The normalized spacial score (nSPS) is 26.4. The third-order valence-corrected chi connectivity index (χ3v) is 5.80. The summed E-state index contributed by atoms with van der Waals surface area (Å²) in [5, 5.41) is 12.9. The summed E-state index contributed by atoms with van der Waals surface area (Å²) in [7, 11) is 0. The molecule has 0 heterocycles. The van der Waals surface area contributed by atoms with Crippen LogP contribution in [0.3, 0.4) is 0 Å². The molecule has 0 amide bonds. The zero-order valence-corrected chi connectivity index (χ0v) is 13.6. The molecule has 3 heteroatoms. The van der Waals surface area contributed by atoms with Crippen molar-refractivity contribution >= 4 is 23.2 Å². The molecule has 5 rings (SSSR count). The summed E-state index contributed by atoms with van der Waals surface area (Å²) in [6.45, 7) is 0. The third-order valence-electron chi connectivity index (χ3n) is 5.32. The first-order valence-electron chi connectivity index (χ1n) is 7.49. The molecule has 0 saturated carbocycles. The highest BCUT2D eigenvalue weighted by Crippen LogP contribution is 2.72. The van der Waals surface area contributed by atoms with Gasteiger partial charge >= 0.3 is 0 Å². The van der Waals surface area contributed by atoms with E-state index in [-0.39, 0.29) is 0 Å². The minimum atomic E-state index is -1.02. The van der Waals surface area contributed by atoms with E-state index in [4.69, 9.17) is 23.2 Å². The molecule has 0 aromatic heterocycles. The van der Waals surface area contributed by atoms with Crippen molar-refractivity contribution in [2.24, 2.45) is 0 Å². The van der Waals surface area contributed by atoms with E-state index in [9.17, 15) is 5.11 Å². The van der Waals surface area contributed by atoms with Gasteiger partial charge in [-0.1, -0.05) is 65.7 Å². The van der Waals surface area contributed by atoms with Gasteiger partial charge in [-0.15, -0.1) is 0 Å². The number of rotatable bonds is 1. The highest BCUT2D eigenvalue weighted by molar-refractivity contribution is 6.31. The van der Waals surface area contributed by atoms with Crippen LogP contribution in [0.1, 0.15) is 27.8 Å². The Labute approximate surface area is 144 Å². The Morgan fingerprint density at radius 1 is 0.652 bits per heavy atom. The molecular formula is C20H12Cl2O. The molecule has 0 fully saturated rings. The Bertz CT molecular complexity index is 964. The maximum atomic E-state index is 11.6. The van der Waals surface area contributed by atoms with E-state index < -0.39 is 11.0 Å². The predicted molar refractivity (Wildman–Crippen MR) is 92.2 cm³/mol. The van der Waals surface area contributed by atoms with E-state index in [0.717, 1.165) is 27.8 Å². The fourth-order valence-electron chi connectivity index (χ4n) is 4.45. The van der Waals surface area contributed by atoms with Gasteiger partial charge in [-0.2, -0.15) is 0 Å². The number of fused-ring (bicyclic) bond motifs is 7. The first-order chi connectivity index (χ1) is 11.1. The second-order valence-corrected chi connectivity index (χ2v) is 7.08. The second kappa shape index (κ2) is 4.18. The molecule has 0 unspecified atom stereocenters. The van der Waals surface area contributed by atoms with Gasteiger partial charge in [-0.05, 0) is 52.1 Å². The van der Waals surface area contributed by atoms with Crippen molar-refractivity contribution in [2.75, 3.05) is 0 Å². The van der Waals surface area contributed by atoms with Crippen molar-refractivity contribution in [1.29, 1.82) is 0 Å². The molecule has 3 aromatic carbocycles. The van der Waals surface area contributed by atoms with Crippen LogP contribution >= 0.6 is 23.2 Å². The zero-order chi connectivity index (χ0) is 15.8. The standard InChI is InChI=1S/C20H12Cl2O/c21-13-7-5-12(6-8-13)19-15-3-1-2-4-17(15)20(19,23)18-11-14(22)9-10-16(18)19/h1-11,23H/t19-,20+/m0/s1. The van der Waals surface area contributed by atoms with Crippen molar-refractivity contribution in [2.45, 2.75) is 11.0 Å². The molecule has 2 aliphatic carbocycles. The molecular weight excluding hydrogens is 327 g/mol. The molecule has 2 aliphatic rings. The number of hydrogen-bond acceptors (Lipinski definition) is 1. The van der Waals surface area contributed by atoms with Crippen LogP contribution in [0.2, 0.25) is 10.0 Å². The Morgan fingerprint density at radius 3 is 2.00 bits per heavy atom. The van der Waals surface area contributed by atoms with E-state index in [1.807, 2.05) is 60.7 Å². The largest absolute Gasteiger partial charge is 0.379 e. The lowest BCUT2D eigenvalue weighted by molar-refractivity contribution is -0.0343. The lowest BCUT2D eigenvalue weighted by atomic mass is 9.38. The third kappa shape index (κ3) is 1.32. The highest BCUT2D eigenvalue weighted by Gasteiger charge is 2.73. The van der Waals surface area contributed by atoms with Crippen molar-refractivity contribution < 1.29 is 5.11 Å². The van der Waals surface area contributed by atoms with Crippen LogP contribution in [0.25, 0.3) is 0 Å². The van der Waals surface area contributed by atoms with Gasteiger partial charge in [0.05, 0.1) is 5.41 Å². The molecule has 112 valence electrons. The monoisotopic (exact) mass is 338 g/mol. The van der Waals surface area contributed by atoms with Gasteiger partial charge < -0.3 is 5.11 Å². The van der Waals surface area contributed by atoms with Gasteiger partial charge in [0.25, 0.3) is 0 Å². The molecule has 2 atom stereocenters. The Morgan fingerprint density at radius 2 is 1.26 bits per heavy atom. The quantitative estimate of drug-likeness (QED) is 0.669. The molecule has 23 heavy (non-hydrogen) atoms. The highest BCUT2D eigenvalue weighted by atomic mass is 35.5. The smallest absolute Gasteiger partial charge is 0.133 e. The fourth-order valence-corrected chi connectivity index (χ4v) is 4.75. The Balaban J connectivity index is 1.87. The number of hydrogen-bond donors (Lipinski definition) is 1. The second-order valence-electron chi connectivity index (χ2n) is 6.20. The van der Waals surface area contributed by atoms with Crippen molar-refractivity contribution in [1.82, 2.24) is 0 Å². The first kappa shape index (κ1) is 13.6. The fraction of sp³-hybridized carbons (Fsp3) is 0.100. The van der Waals surface area contributed by atoms with E-state index in [1.54, 1.807) is 0 Å². The number of aliphatic hydroxyl groups is 1. The van der Waals surface area contributed by atoms with Gasteiger partial charge in [-0.3, -0.25) is 0 Å². The van der Waals surface area contributed by atoms with Crippen LogP contribution in [0.5, 0.6) is 0 Å². The van der Waals surface area contributed by atoms with Gasteiger partial charge in [0.15, 0.2) is 0 Å². The minimum Gasteiger partial charge on any atom is -0.379 e. The van der Waals surface area contributed by atoms with Gasteiger partial charge in [-0.25, -0.2) is 0 Å². The molecule has 0 bridgehead atoms. The summed E-state index contributed by atoms with van der Waals surface area (Å²) in [6, 6.07) is 21.6. The van der Waals surface area contributed by atoms with Gasteiger partial charge in [0.1, 0.15) is 5.60 Å². The van der Waals surface area contributed by atoms with Crippen LogP contribution in [-0.2, 0) is 11.0 Å². The molecule has 0 spiro atoms. The lowest BCUT2D eigenvalue weighted by Gasteiger charge is -2.66. The summed E-state index contributed by atoms with van der Waals surface area (Å²) in [5.74, 6) is 0. The topological polar surface area (TPSA) is 20.2 Å². The molecule has 0 saturated heterocycles. The Hall–Kier alpha value is -1.80. The van der Waals surface area contributed by atoms with E-state index in [0.29, 0.717) is 10.0 Å². The average Bonchev–Trinajstić information content (AvgIpc) is 2.57. The average molecular weight is 339 g/mol. The summed E-state index contributed by atoms with van der Waals surface area (Å²) in [5.41, 5.74) is 3.65. The van der Waals surface area contributed by atoms with Crippen LogP contribution in [0, 0.1) is 0 Å². The van der Waals surface area contributed by atoms with E-state index in [2.05, 4.69) is 6.07 Å². The minimum absolute atomic E-state index is 0.520. The Kier molecular flexibility index (Phi) is 2.48. The summed E-state index contributed by atoms with van der Waals surface area (Å²) in [6.07, 6.45) is 0. The van der Waals surface area contributed by atoms with Gasteiger partial charge in [0, 0.05) is 10.0 Å². The van der Waals surface area contributed by atoms with E-state index >= 15 is 0 Å². The predicted octanol–water partition coefficient (Wildman–Crippen LogP) is 4.89. The maximum absolute atomic E-state index is 11.6. The van der Waals surface area contributed by atoms with Crippen LogP contribution < -0.4 is 0 Å². The van der Waals surface area contributed by atoms with Crippen LogP contribution in [0.15, 0.2) is 66.7 Å². The molecule has 1 nitrogen and oxygen atoms in total. The molecule has 0 aliphatic heterocycles. The lowest BCUT2D eigenvalue weighted by Crippen LogP contribution is -2.68. The van der Waals surface area contributed by atoms with Crippen molar-refractivity contribution in [3.8, 4) is 0 Å². The van der Waals surface area contributed by atoms with Gasteiger partial charge in [0.2, 0.25) is 0 Å². The number of halogens is 2. The summed E-state index contributed by atoms with van der Waals surface area (Å²) in [4.78, 5) is 0. The molecule has 1 N–H and O–H groups in total. The first-order valence-corrected chi connectivity index (χ1v) is 8.24.